The van der Waals surface area contributed by atoms with Crippen molar-refractivity contribution in [2.24, 2.45) is 0 Å². The van der Waals surface area contributed by atoms with Gasteiger partial charge in [0.25, 0.3) is 5.88 Å². The van der Waals surface area contributed by atoms with Crippen LogP contribution in [0.5, 0.6) is 11.6 Å². The van der Waals surface area contributed by atoms with E-state index in [0.717, 1.165) is 63.1 Å². The molecule has 3 aromatic heterocycles. The number of hydrogen-bond acceptors (Lipinski definition) is 12. The Hall–Kier alpha value is -3.85. The van der Waals surface area contributed by atoms with E-state index in [1.807, 2.05) is 29.9 Å². The molecule has 2 fully saturated rings. The van der Waals surface area contributed by atoms with Crippen LogP contribution in [0.3, 0.4) is 0 Å². The van der Waals surface area contributed by atoms with Gasteiger partial charge in [0.2, 0.25) is 5.95 Å². The molecule has 2 N–H and O–H groups in total. The van der Waals surface area contributed by atoms with Crippen LogP contribution in [0.2, 0.25) is 5.02 Å². The Labute approximate surface area is 279 Å². The van der Waals surface area contributed by atoms with Crippen LogP contribution in [0, 0.1) is 0 Å². The van der Waals surface area contributed by atoms with Crippen molar-refractivity contribution >= 4 is 23.2 Å². The summed E-state index contributed by atoms with van der Waals surface area (Å²) in [6.45, 7) is 9.93. The van der Waals surface area contributed by atoms with Gasteiger partial charge in [-0.05, 0) is 74.6 Å². The largest absolute Gasteiger partial charge is 0.487 e. The Balaban J connectivity index is 1.13. The van der Waals surface area contributed by atoms with E-state index in [-0.39, 0.29) is 12.1 Å². The third-order valence-corrected chi connectivity index (χ3v) is 8.89. The Kier molecular flexibility index (Phi) is 10.5. The van der Waals surface area contributed by atoms with Crippen molar-refractivity contribution in [3.8, 4) is 22.8 Å². The molecule has 4 heterocycles. The summed E-state index contributed by atoms with van der Waals surface area (Å²) in [7, 11) is 0. The summed E-state index contributed by atoms with van der Waals surface area (Å²) in [5.41, 5.74) is 1.51. The highest BCUT2D eigenvalue weighted by atomic mass is 35.5. The van der Waals surface area contributed by atoms with Gasteiger partial charge in [-0.1, -0.05) is 17.7 Å². The quantitative estimate of drug-likeness (QED) is 0.206. The van der Waals surface area contributed by atoms with Gasteiger partial charge in [-0.2, -0.15) is 0 Å². The molecule has 1 unspecified atom stereocenters. The molecule has 1 saturated heterocycles. The average Bonchev–Trinajstić information content (AvgIpc) is 3.72. The van der Waals surface area contributed by atoms with Crippen LogP contribution >= 0.6 is 11.6 Å². The van der Waals surface area contributed by atoms with Gasteiger partial charge in [-0.15, -0.1) is 10.2 Å². The molecule has 0 radical (unpaired) electrons. The second-order valence-electron chi connectivity index (χ2n) is 12.9. The minimum absolute atomic E-state index is 0.213. The number of aliphatic hydroxyl groups is 1. The molecule has 1 atom stereocenters. The molecule has 1 aliphatic carbocycles. The molecule has 1 aliphatic heterocycles. The van der Waals surface area contributed by atoms with Crippen molar-refractivity contribution in [2.75, 3.05) is 38.2 Å². The van der Waals surface area contributed by atoms with E-state index in [1.54, 1.807) is 43.3 Å². The second kappa shape index (κ2) is 14.9. The van der Waals surface area contributed by atoms with E-state index in [9.17, 15) is 5.11 Å². The second-order valence-corrected chi connectivity index (χ2v) is 13.3. The molecule has 47 heavy (non-hydrogen) atoms. The molecule has 6 rings (SSSR count). The van der Waals surface area contributed by atoms with Crippen LogP contribution in [0.15, 0.2) is 43.1 Å². The van der Waals surface area contributed by atoms with Gasteiger partial charge in [0.15, 0.2) is 0 Å². The van der Waals surface area contributed by atoms with Gasteiger partial charge in [-0.3, -0.25) is 9.58 Å². The minimum Gasteiger partial charge on any atom is -0.487 e. The summed E-state index contributed by atoms with van der Waals surface area (Å²) in [6.07, 6.45) is 11.6. The van der Waals surface area contributed by atoms with Crippen molar-refractivity contribution in [3.05, 3.63) is 48.1 Å². The summed E-state index contributed by atoms with van der Waals surface area (Å²) in [4.78, 5) is 11.7. The van der Waals surface area contributed by atoms with Crippen LogP contribution in [0.25, 0.3) is 11.1 Å². The van der Waals surface area contributed by atoms with Crippen molar-refractivity contribution in [2.45, 2.75) is 83.2 Å². The number of hydrogen-bond donors (Lipinski definition) is 2. The lowest BCUT2D eigenvalue weighted by molar-refractivity contribution is 0.00501. The maximum atomic E-state index is 10.2. The topological polar surface area (TPSA) is 150 Å². The minimum atomic E-state index is -0.841. The fourth-order valence-corrected chi connectivity index (χ4v) is 6.16. The first-order chi connectivity index (χ1) is 22.7. The number of benzene rings is 1. The lowest BCUT2D eigenvalue weighted by Gasteiger charge is -2.38. The molecule has 1 aromatic carbocycles. The van der Waals surface area contributed by atoms with Crippen LogP contribution in [-0.4, -0.2) is 101 Å². The summed E-state index contributed by atoms with van der Waals surface area (Å²) in [6, 6.07) is 6.44. The number of rotatable bonds is 13. The fraction of sp³-hybridized carbons (Fsp3) is 0.562. The third-order valence-electron chi connectivity index (χ3n) is 8.58. The van der Waals surface area contributed by atoms with Crippen molar-refractivity contribution in [1.29, 1.82) is 0 Å². The summed E-state index contributed by atoms with van der Waals surface area (Å²) < 4.78 is 21.3. The number of aromatic nitrogens is 8. The Morgan fingerprint density at radius 2 is 1.83 bits per heavy atom. The maximum Gasteiger partial charge on any atom is 0.256 e. The lowest BCUT2D eigenvalue weighted by Crippen LogP contribution is -2.45. The number of anilines is 2. The van der Waals surface area contributed by atoms with Crippen molar-refractivity contribution < 1.29 is 19.3 Å². The molecule has 252 valence electrons. The van der Waals surface area contributed by atoms with E-state index < -0.39 is 5.60 Å². The molecule has 0 amide bonds. The molecular weight excluding hydrogens is 624 g/mol. The number of nitrogens with zero attached hydrogens (tertiary/aromatic N) is 9. The highest BCUT2D eigenvalue weighted by Gasteiger charge is 2.29. The Bertz CT molecular complexity index is 1560. The molecule has 0 bridgehead atoms. The Morgan fingerprint density at radius 1 is 1.09 bits per heavy atom. The Morgan fingerprint density at radius 3 is 2.53 bits per heavy atom. The summed E-state index contributed by atoms with van der Waals surface area (Å²) in [5, 5.41) is 30.1. The van der Waals surface area contributed by atoms with E-state index in [4.69, 9.17) is 30.9 Å². The normalized spacial score (nSPS) is 19.8. The summed E-state index contributed by atoms with van der Waals surface area (Å²) in [5.74, 6) is 1.43. The van der Waals surface area contributed by atoms with Crippen molar-refractivity contribution in [3.63, 3.8) is 0 Å². The first-order valence-corrected chi connectivity index (χ1v) is 16.6. The zero-order valence-electron chi connectivity index (χ0n) is 27.1. The molecule has 2 aliphatic rings. The van der Waals surface area contributed by atoms with Gasteiger partial charge in [0.05, 0.1) is 49.2 Å². The predicted octanol–water partition coefficient (Wildman–Crippen LogP) is 4.55. The third kappa shape index (κ3) is 8.95. The van der Waals surface area contributed by atoms with Crippen LogP contribution in [0.4, 0.5) is 11.6 Å². The van der Waals surface area contributed by atoms with Gasteiger partial charge < -0.3 is 24.6 Å². The monoisotopic (exact) mass is 666 g/mol. The number of ether oxygens (including phenoxy) is 3. The molecule has 1 saturated carbocycles. The highest BCUT2D eigenvalue weighted by molar-refractivity contribution is 6.32. The number of tetrazole rings is 1. The first kappa shape index (κ1) is 33.1. The fourth-order valence-electron chi connectivity index (χ4n) is 6.00. The van der Waals surface area contributed by atoms with Crippen LogP contribution in [0.1, 0.15) is 58.9 Å². The molecule has 0 spiro atoms. The number of morpholine rings is 1. The van der Waals surface area contributed by atoms with Crippen molar-refractivity contribution in [1.82, 2.24) is 44.9 Å². The van der Waals surface area contributed by atoms with Gasteiger partial charge in [0, 0.05) is 43.5 Å². The smallest absolute Gasteiger partial charge is 0.256 e. The van der Waals surface area contributed by atoms with E-state index >= 15 is 0 Å². The van der Waals surface area contributed by atoms with Gasteiger partial charge in [0.1, 0.15) is 23.9 Å². The van der Waals surface area contributed by atoms with E-state index in [2.05, 4.69) is 35.7 Å². The molecule has 14 nitrogen and oxygen atoms in total. The van der Waals surface area contributed by atoms with Crippen LogP contribution < -0.4 is 14.8 Å². The molecular formula is C32H43ClN10O4. The first-order valence-electron chi connectivity index (χ1n) is 16.2. The molecule has 4 aromatic rings. The zero-order chi connectivity index (χ0) is 32.8. The SMILES string of the molecule is CC(Cn1cnnn1)Oc1cc(-c2cnc(Nc3cn(C4CCC(N5CCOCC5)CC4)nc3OCCC(C)(C)O)nc2)ccc1Cl. The van der Waals surface area contributed by atoms with Gasteiger partial charge >= 0.3 is 0 Å². The predicted molar refractivity (Wildman–Crippen MR) is 176 cm³/mol. The molecule has 15 heteroatoms. The zero-order valence-corrected chi connectivity index (χ0v) is 27.9. The number of halogens is 1. The highest BCUT2D eigenvalue weighted by Crippen LogP contribution is 2.35. The lowest BCUT2D eigenvalue weighted by atomic mass is 9.90. The van der Waals surface area contributed by atoms with E-state index in [1.165, 1.54) is 0 Å². The standard InChI is InChI=1S/C32H43ClN10O4/c1-22(19-42-21-36-39-40-42)47-29-16-23(4-9-27(29)33)24-17-34-31(35-18-24)37-28-20-43(38-30(28)46-13-10-32(2,3)44)26-7-5-25(6-8-26)41-11-14-45-15-12-41/h4,9,16-18,20-22,25-26,44H,5-8,10-15,19H2,1-3H3,(H,34,35,37). The average molecular weight is 667 g/mol. The summed E-state index contributed by atoms with van der Waals surface area (Å²) >= 11 is 6.45. The maximum absolute atomic E-state index is 10.2. The van der Waals surface area contributed by atoms with Gasteiger partial charge in [-0.25, -0.2) is 14.6 Å². The van der Waals surface area contributed by atoms with E-state index in [0.29, 0.717) is 53.9 Å². The number of nitrogens with one attached hydrogen (secondary N) is 1. The van der Waals surface area contributed by atoms with Crippen LogP contribution in [-0.2, 0) is 11.3 Å².